The molecule has 0 aliphatic carbocycles. The third-order valence-corrected chi connectivity index (χ3v) is 7.64. The fraction of sp³-hybridized carbons (Fsp3) is 0.143. The number of hydrogen-bond donors (Lipinski definition) is 0. The first-order chi connectivity index (χ1) is 10.5. The topological polar surface area (TPSA) is 52.0 Å². The van der Waals surface area contributed by atoms with Crippen molar-refractivity contribution in [1.29, 1.82) is 0 Å². The van der Waals surface area contributed by atoms with E-state index in [-0.39, 0.29) is 49.9 Å². The summed E-state index contributed by atoms with van der Waals surface area (Å²) in [6.45, 7) is 0. The second-order valence-electron chi connectivity index (χ2n) is 4.94. The van der Waals surface area contributed by atoms with Crippen LogP contribution >= 0.6 is 64.2 Å². The van der Waals surface area contributed by atoms with Gasteiger partial charge in [-0.05, 0) is 46.0 Å². The highest BCUT2D eigenvalue weighted by Crippen LogP contribution is 2.38. The first-order valence-electron chi connectivity index (χ1n) is 6.26. The summed E-state index contributed by atoms with van der Waals surface area (Å²) in [7, 11) is 0. The van der Waals surface area contributed by atoms with E-state index in [2.05, 4.69) is 40.9 Å². The van der Waals surface area contributed by atoms with Crippen LogP contribution in [0.3, 0.4) is 0 Å². The zero-order chi connectivity index (χ0) is 15.6. The molecule has 0 saturated carbocycles. The molecule has 4 nitrogen and oxygen atoms in total. The van der Waals surface area contributed by atoms with Crippen LogP contribution in [0.2, 0.25) is 5.02 Å². The summed E-state index contributed by atoms with van der Waals surface area (Å²) in [5.74, 6) is -0.131. The van der Waals surface area contributed by atoms with Gasteiger partial charge in [0.15, 0.2) is 5.82 Å². The second kappa shape index (κ2) is 5.32. The van der Waals surface area contributed by atoms with Crippen molar-refractivity contribution >= 4 is 84.9 Å². The molecule has 2 aliphatic heterocycles. The molecule has 2 atom stereocenters. The highest BCUT2D eigenvalue weighted by Gasteiger charge is 2.40. The van der Waals surface area contributed by atoms with Crippen LogP contribution in [-0.4, -0.2) is 19.3 Å². The smallest absolute Gasteiger partial charge is 0.263 e. The standard InChI is InChI=1S/C14H6Br2ClIN2O2/c15-6-3-7(16)11-9(10(6)17)14(22)20-8-1-2-18-4-5(8)12(21)13(20)19-11/h1-5,8H. The zero-order valence-corrected chi connectivity index (χ0v) is 16.8. The molecule has 2 unspecified atom stereocenters. The average molecular weight is 556 g/mol. The van der Waals surface area contributed by atoms with Gasteiger partial charge < -0.3 is 0 Å². The van der Waals surface area contributed by atoms with Crippen molar-refractivity contribution in [1.82, 2.24) is 9.55 Å². The molecule has 112 valence electrons. The molecule has 0 saturated heterocycles. The third-order valence-electron chi connectivity index (χ3n) is 3.76. The number of ketones is 1. The highest BCUT2D eigenvalue weighted by atomic mass is 127. The first kappa shape index (κ1) is 15.2. The molecule has 0 bridgehead atoms. The molecule has 0 spiro atoms. The van der Waals surface area contributed by atoms with E-state index in [1.807, 2.05) is 10.1 Å². The average Bonchev–Trinajstić information content (AvgIpc) is 2.79. The van der Waals surface area contributed by atoms with Crippen LogP contribution in [0.4, 0.5) is 0 Å². The number of benzene rings is 1. The number of hydrogen-bond acceptors (Lipinski definition) is 3. The van der Waals surface area contributed by atoms with Crippen LogP contribution in [0.25, 0.3) is 10.9 Å². The van der Waals surface area contributed by atoms with Crippen molar-refractivity contribution in [3.63, 3.8) is 0 Å². The van der Waals surface area contributed by atoms with Gasteiger partial charge in [-0.3, -0.25) is 14.2 Å². The summed E-state index contributed by atoms with van der Waals surface area (Å²) in [4.78, 5) is 30.0. The monoisotopic (exact) mass is 554 g/mol. The van der Waals surface area contributed by atoms with Crippen molar-refractivity contribution in [2.45, 2.75) is 6.04 Å². The SMILES string of the molecule is O=C1c2nc3c(Br)cc(Br)c(Cl)c3c(=O)n2C2C=CI=CC12. The van der Waals surface area contributed by atoms with Gasteiger partial charge in [0.1, 0.15) is 0 Å². The predicted octanol–water partition coefficient (Wildman–Crippen LogP) is 4.23. The minimum Gasteiger partial charge on any atom is -0.290 e. The fourth-order valence-corrected chi connectivity index (χ4v) is 6.34. The summed E-state index contributed by atoms with van der Waals surface area (Å²) < 4.78 is 6.84. The Balaban J connectivity index is 2.17. The molecule has 2 aromatic rings. The lowest BCUT2D eigenvalue weighted by atomic mass is 10.0. The lowest BCUT2D eigenvalue weighted by Crippen LogP contribution is -2.26. The predicted molar refractivity (Wildman–Crippen MR) is 102 cm³/mol. The second-order valence-corrected chi connectivity index (χ2v) is 9.18. The van der Waals surface area contributed by atoms with Crippen LogP contribution in [-0.2, 0) is 0 Å². The Hall–Kier alpha value is -0.380. The molecule has 0 amide bonds. The maximum Gasteiger partial charge on any atom is 0.263 e. The van der Waals surface area contributed by atoms with Crippen molar-refractivity contribution in [2.24, 2.45) is 5.92 Å². The van der Waals surface area contributed by atoms with Crippen LogP contribution in [0.1, 0.15) is 16.7 Å². The molecule has 8 heteroatoms. The van der Waals surface area contributed by atoms with Crippen molar-refractivity contribution < 1.29 is 4.79 Å². The van der Waals surface area contributed by atoms with Gasteiger partial charge in [0.2, 0.25) is 5.78 Å². The van der Waals surface area contributed by atoms with E-state index < -0.39 is 0 Å². The number of Topliss-reactive ketones (excluding diaryl/α,β-unsaturated/α-hetero) is 1. The number of carbonyl (C=O) groups excluding carboxylic acids is 1. The van der Waals surface area contributed by atoms with Gasteiger partial charge in [0.05, 0.1) is 27.9 Å². The van der Waals surface area contributed by atoms with Gasteiger partial charge >= 0.3 is 0 Å². The van der Waals surface area contributed by atoms with E-state index in [9.17, 15) is 9.59 Å². The maximum absolute atomic E-state index is 13.0. The minimum atomic E-state index is -0.272. The Morgan fingerprint density at radius 3 is 2.82 bits per heavy atom. The lowest BCUT2D eigenvalue weighted by Gasteiger charge is -2.16. The molecule has 0 N–H and O–H groups in total. The highest BCUT2D eigenvalue weighted by molar-refractivity contribution is 14.2. The van der Waals surface area contributed by atoms with Crippen LogP contribution in [0, 0.1) is 5.92 Å². The summed E-state index contributed by atoms with van der Waals surface area (Å²) >= 11 is 12.8. The molecule has 22 heavy (non-hydrogen) atoms. The molecule has 2 aliphatic rings. The maximum atomic E-state index is 13.0. The molecule has 0 radical (unpaired) electrons. The molecule has 3 heterocycles. The van der Waals surface area contributed by atoms with E-state index in [0.29, 0.717) is 24.9 Å². The summed E-state index contributed by atoms with van der Waals surface area (Å²) in [5.41, 5.74) is 0.154. The number of carbonyl (C=O) groups is 1. The van der Waals surface area contributed by atoms with E-state index in [0.717, 1.165) is 0 Å². The normalized spacial score (nSPS) is 22.6. The Labute approximate surface area is 156 Å². The number of aromatic nitrogens is 2. The van der Waals surface area contributed by atoms with Crippen LogP contribution in [0.5, 0.6) is 0 Å². The van der Waals surface area contributed by atoms with Crippen molar-refractivity contribution in [2.75, 3.05) is 0 Å². The van der Waals surface area contributed by atoms with Crippen molar-refractivity contribution in [3.8, 4) is 0 Å². The van der Waals surface area contributed by atoms with Crippen LogP contribution in [0.15, 0.2) is 30.0 Å². The molecule has 0 fully saturated rings. The van der Waals surface area contributed by atoms with E-state index in [4.69, 9.17) is 11.6 Å². The first-order valence-corrected chi connectivity index (χ1v) is 10.7. The number of halogens is 4. The summed E-state index contributed by atoms with van der Waals surface area (Å²) in [6, 6.07) is 1.46. The number of rotatable bonds is 0. The summed E-state index contributed by atoms with van der Waals surface area (Å²) in [5, 5.41) is 0.645. The lowest BCUT2D eigenvalue weighted by molar-refractivity contribution is 0.0963. The van der Waals surface area contributed by atoms with Gasteiger partial charge in [-0.1, -0.05) is 38.4 Å². The summed E-state index contributed by atoms with van der Waals surface area (Å²) in [6.07, 6.45) is 1.95. The Bertz CT molecular complexity index is 983. The Kier molecular flexibility index (Phi) is 3.67. The molecular weight excluding hydrogens is 550 g/mol. The van der Waals surface area contributed by atoms with Crippen LogP contribution < -0.4 is 5.56 Å². The van der Waals surface area contributed by atoms with E-state index in [1.165, 1.54) is 4.57 Å². The van der Waals surface area contributed by atoms with Gasteiger partial charge in [0, 0.05) is 8.95 Å². The number of nitrogens with zero attached hydrogens (tertiary/aromatic N) is 2. The third kappa shape index (κ3) is 1.98. The van der Waals surface area contributed by atoms with Gasteiger partial charge in [-0.15, -0.1) is 0 Å². The largest absolute Gasteiger partial charge is 0.290 e. The molecule has 4 rings (SSSR count). The number of fused-ring (bicyclic) bond motifs is 4. The zero-order valence-electron chi connectivity index (χ0n) is 10.7. The quantitative estimate of drug-likeness (QED) is 0.361. The minimum absolute atomic E-state index is 0.0843. The molecule has 1 aromatic carbocycles. The van der Waals surface area contributed by atoms with Gasteiger partial charge in [0.25, 0.3) is 5.56 Å². The Morgan fingerprint density at radius 1 is 1.27 bits per heavy atom. The van der Waals surface area contributed by atoms with Gasteiger partial charge in [-0.25, -0.2) is 4.98 Å². The molecule has 1 aromatic heterocycles. The fourth-order valence-electron chi connectivity index (χ4n) is 2.76. The Morgan fingerprint density at radius 2 is 2.05 bits per heavy atom. The van der Waals surface area contributed by atoms with E-state index >= 15 is 0 Å². The van der Waals surface area contributed by atoms with E-state index in [1.54, 1.807) is 6.07 Å². The van der Waals surface area contributed by atoms with Crippen molar-refractivity contribution in [3.05, 3.63) is 46.4 Å². The number of allylic oxidation sites excluding steroid dienone is 1. The van der Waals surface area contributed by atoms with Gasteiger partial charge in [-0.2, -0.15) is 0 Å². The molecular formula is C14H6Br2ClIN2O2.